The lowest BCUT2D eigenvalue weighted by Gasteiger charge is -2.24. The van der Waals surface area contributed by atoms with Gasteiger partial charge in [-0.3, -0.25) is 4.99 Å². The number of benzene rings is 1. The first-order valence-electron chi connectivity index (χ1n) is 7.19. The van der Waals surface area contributed by atoms with E-state index in [1.54, 1.807) is 0 Å². The summed E-state index contributed by atoms with van der Waals surface area (Å²) in [7, 11) is 0. The molecule has 3 nitrogen and oxygen atoms in total. The number of fused-ring (bicyclic) bond motifs is 1. The van der Waals surface area contributed by atoms with Gasteiger partial charge in [0.1, 0.15) is 0 Å². The molecule has 0 radical (unpaired) electrons. The predicted molar refractivity (Wildman–Crippen MR) is 96.8 cm³/mol. The smallest absolute Gasteiger partial charge is 0.191 e. The minimum absolute atomic E-state index is 0. The van der Waals surface area contributed by atoms with E-state index in [1.807, 2.05) is 0 Å². The highest BCUT2D eigenvalue weighted by molar-refractivity contribution is 14.0. The van der Waals surface area contributed by atoms with E-state index in [4.69, 9.17) is 5.73 Å². The van der Waals surface area contributed by atoms with E-state index >= 15 is 0 Å². The lowest BCUT2D eigenvalue weighted by molar-refractivity contribution is 0.356. The minimum atomic E-state index is 0. The zero-order chi connectivity index (χ0) is 13.9. The van der Waals surface area contributed by atoms with Crippen LogP contribution in [0.5, 0.6) is 0 Å². The molecule has 1 aliphatic carbocycles. The molecule has 112 valence electrons. The summed E-state index contributed by atoms with van der Waals surface area (Å²) in [5.41, 5.74) is 9.23. The van der Waals surface area contributed by atoms with Crippen LogP contribution in [0.15, 0.2) is 29.3 Å². The highest BCUT2D eigenvalue weighted by Crippen LogP contribution is 2.36. The Bertz CT molecular complexity index is 442. The lowest BCUT2D eigenvalue weighted by atomic mass is 9.87. The molecule has 0 amide bonds. The summed E-state index contributed by atoms with van der Waals surface area (Å²) < 4.78 is 0. The van der Waals surface area contributed by atoms with Gasteiger partial charge in [-0.1, -0.05) is 31.2 Å². The van der Waals surface area contributed by atoms with E-state index in [0.717, 1.165) is 32.5 Å². The Morgan fingerprint density at radius 1 is 1.20 bits per heavy atom. The molecule has 0 aliphatic heterocycles. The Kier molecular flexibility index (Phi) is 6.30. The van der Waals surface area contributed by atoms with Crippen molar-refractivity contribution in [3.05, 3.63) is 35.4 Å². The normalized spacial score (nSPS) is 16.4. The first kappa shape index (κ1) is 17.3. The fourth-order valence-electron chi connectivity index (χ4n) is 2.92. The highest BCUT2D eigenvalue weighted by Gasteiger charge is 2.32. The maximum absolute atomic E-state index is 6.06. The Balaban J connectivity index is 0.00000200. The average molecular weight is 387 g/mol. The third kappa shape index (κ3) is 3.87. The maximum Gasteiger partial charge on any atom is 0.191 e. The number of nitrogens with two attached hydrogens (primary N) is 1. The minimum Gasteiger partial charge on any atom is -0.370 e. The quantitative estimate of drug-likeness (QED) is 0.490. The molecule has 2 N–H and O–H groups in total. The Labute approximate surface area is 139 Å². The molecule has 0 unspecified atom stereocenters. The molecule has 0 spiro atoms. The number of hydrogen-bond donors (Lipinski definition) is 1. The monoisotopic (exact) mass is 387 g/mol. The van der Waals surface area contributed by atoms with Crippen LogP contribution in [0.4, 0.5) is 0 Å². The fraction of sp³-hybridized carbons (Fsp3) is 0.562. The van der Waals surface area contributed by atoms with E-state index in [0.29, 0.717) is 5.96 Å². The summed E-state index contributed by atoms with van der Waals surface area (Å²) in [5.74, 6) is 0.683. The second kappa shape index (κ2) is 7.29. The van der Waals surface area contributed by atoms with Crippen molar-refractivity contribution in [2.45, 2.75) is 33.6 Å². The van der Waals surface area contributed by atoms with Gasteiger partial charge in [-0.2, -0.15) is 0 Å². The van der Waals surface area contributed by atoms with E-state index in [9.17, 15) is 0 Å². The van der Waals surface area contributed by atoms with Gasteiger partial charge in [0.15, 0.2) is 5.96 Å². The molecular formula is C16H26IN3. The molecule has 2 rings (SSSR count). The third-order valence-electron chi connectivity index (χ3n) is 4.06. The maximum atomic E-state index is 6.06. The summed E-state index contributed by atoms with van der Waals surface area (Å²) >= 11 is 0. The van der Waals surface area contributed by atoms with Gasteiger partial charge in [0.25, 0.3) is 0 Å². The van der Waals surface area contributed by atoms with E-state index in [-0.39, 0.29) is 29.4 Å². The lowest BCUT2D eigenvalue weighted by Crippen LogP contribution is -2.38. The summed E-state index contributed by atoms with van der Waals surface area (Å²) in [6, 6.07) is 8.71. The predicted octanol–water partition coefficient (Wildman–Crippen LogP) is 3.07. The van der Waals surface area contributed by atoms with Gasteiger partial charge in [0.05, 0.1) is 0 Å². The summed E-state index contributed by atoms with van der Waals surface area (Å²) in [6.07, 6.45) is 2.22. The average Bonchev–Trinajstić information content (AvgIpc) is 2.74. The van der Waals surface area contributed by atoms with E-state index < -0.39 is 0 Å². The number of guanidine groups is 1. The molecule has 1 aromatic rings. The Morgan fingerprint density at radius 3 is 2.15 bits per heavy atom. The van der Waals surface area contributed by atoms with Gasteiger partial charge < -0.3 is 10.6 Å². The number of aliphatic imine (C=N–C) groups is 1. The van der Waals surface area contributed by atoms with E-state index in [1.165, 1.54) is 11.1 Å². The molecule has 0 saturated carbocycles. The molecule has 1 aliphatic rings. The molecule has 0 fully saturated rings. The first-order valence-corrected chi connectivity index (χ1v) is 7.19. The van der Waals surface area contributed by atoms with Gasteiger partial charge in [-0.15, -0.1) is 24.0 Å². The third-order valence-corrected chi connectivity index (χ3v) is 4.06. The molecule has 0 aromatic heterocycles. The van der Waals surface area contributed by atoms with Crippen LogP contribution >= 0.6 is 24.0 Å². The molecule has 0 bridgehead atoms. The Hall–Kier alpha value is -0.780. The summed E-state index contributed by atoms with van der Waals surface area (Å²) in [6.45, 7) is 9.18. The number of halogens is 1. The molecule has 0 heterocycles. The van der Waals surface area contributed by atoms with Crippen molar-refractivity contribution in [3.8, 4) is 0 Å². The number of nitrogens with zero attached hydrogens (tertiary/aromatic N) is 2. The number of hydrogen-bond acceptors (Lipinski definition) is 1. The molecule has 4 heteroatoms. The zero-order valence-corrected chi connectivity index (χ0v) is 15.1. The first-order chi connectivity index (χ1) is 9.08. The number of rotatable bonds is 4. The standard InChI is InChI=1S/C16H25N3.HI/c1-4-19(5-2)15(17)18-12-16(3)10-13-8-6-7-9-14(13)11-16;/h6-9H,4-5,10-12H2,1-3H3,(H2,17,18);1H. The van der Waals surface area contributed by atoms with Crippen molar-refractivity contribution in [1.82, 2.24) is 4.90 Å². The zero-order valence-electron chi connectivity index (χ0n) is 12.7. The second-order valence-electron chi connectivity index (χ2n) is 5.78. The van der Waals surface area contributed by atoms with Crippen molar-refractivity contribution in [2.75, 3.05) is 19.6 Å². The van der Waals surface area contributed by atoms with Crippen LogP contribution < -0.4 is 5.73 Å². The van der Waals surface area contributed by atoms with Gasteiger partial charge in [0, 0.05) is 19.6 Å². The second-order valence-corrected chi connectivity index (χ2v) is 5.78. The van der Waals surface area contributed by atoms with Gasteiger partial charge in [-0.25, -0.2) is 0 Å². The van der Waals surface area contributed by atoms with Crippen LogP contribution in [0.1, 0.15) is 31.9 Å². The van der Waals surface area contributed by atoms with Crippen molar-refractivity contribution >= 4 is 29.9 Å². The fourth-order valence-corrected chi connectivity index (χ4v) is 2.92. The van der Waals surface area contributed by atoms with Crippen LogP contribution in [0.3, 0.4) is 0 Å². The highest BCUT2D eigenvalue weighted by atomic mass is 127. The van der Waals surface area contributed by atoms with Crippen LogP contribution in [-0.2, 0) is 12.8 Å². The van der Waals surface area contributed by atoms with Gasteiger partial charge in [0.2, 0.25) is 0 Å². The molecule has 1 aromatic carbocycles. The topological polar surface area (TPSA) is 41.6 Å². The van der Waals surface area contributed by atoms with Crippen LogP contribution in [0.2, 0.25) is 0 Å². The molecular weight excluding hydrogens is 361 g/mol. The van der Waals surface area contributed by atoms with Crippen molar-refractivity contribution in [1.29, 1.82) is 0 Å². The van der Waals surface area contributed by atoms with Crippen molar-refractivity contribution in [2.24, 2.45) is 16.1 Å². The van der Waals surface area contributed by atoms with E-state index in [2.05, 4.69) is 54.9 Å². The summed E-state index contributed by atoms with van der Waals surface area (Å²) in [5, 5.41) is 0. The molecule has 0 saturated heterocycles. The molecule has 0 atom stereocenters. The SMILES string of the molecule is CCN(CC)C(N)=NCC1(C)Cc2ccccc2C1.I. The van der Waals surface area contributed by atoms with Crippen molar-refractivity contribution < 1.29 is 0 Å². The van der Waals surface area contributed by atoms with Crippen LogP contribution in [0, 0.1) is 5.41 Å². The van der Waals surface area contributed by atoms with Gasteiger partial charge in [-0.05, 0) is 43.2 Å². The van der Waals surface area contributed by atoms with Crippen LogP contribution in [-0.4, -0.2) is 30.5 Å². The Morgan fingerprint density at radius 2 is 1.70 bits per heavy atom. The van der Waals surface area contributed by atoms with Crippen molar-refractivity contribution in [3.63, 3.8) is 0 Å². The largest absolute Gasteiger partial charge is 0.370 e. The van der Waals surface area contributed by atoms with Crippen LogP contribution in [0.25, 0.3) is 0 Å². The molecule has 20 heavy (non-hydrogen) atoms. The summed E-state index contributed by atoms with van der Waals surface area (Å²) in [4.78, 5) is 6.73. The van der Waals surface area contributed by atoms with Gasteiger partial charge >= 0.3 is 0 Å².